The van der Waals surface area contributed by atoms with E-state index < -0.39 is 62.1 Å². The summed E-state index contributed by atoms with van der Waals surface area (Å²) in [6.07, 6.45) is -1.25. The summed E-state index contributed by atoms with van der Waals surface area (Å²) in [5.74, 6) is -12.1. The van der Waals surface area contributed by atoms with Crippen LogP contribution >= 0.6 is 0 Å². The maximum Gasteiger partial charge on any atom is 0.246 e. The SMILES string of the molecule is CC(C)(C)C(O)CNS(=O)(=O)c1c(F)c(F)c(F)c(F)c1F. The molecule has 1 aromatic rings. The zero-order valence-electron chi connectivity index (χ0n) is 11.8. The molecule has 10 heteroatoms. The highest BCUT2D eigenvalue weighted by Crippen LogP contribution is 2.27. The van der Waals surface area contributed by atoms with E-state index in [1.807, 2.05) is 0 Å². The van der Waals surface area contributed by atoms with Gasteiger partial charge in [0.2, 0.25) is 15.8 Å². The first-order chi connectivity index (χ1) is 9.80. The third-order valence-corrected chi connectivity index (χ3v) is 4.35. The fourth-order valence-corrected chi connectivity index (χ4v) is 2.56. The molecule has 0 bridgehead atoms. The first-order valence-electron chi connectivity index (χ1n) is 6.00. The second-order valence-electron chi connectivity index (χ2n) is 5.63. The van der Waals surface area contributed by atoms with E-state index in [1.165, 1.54) is 0 Å². The second-order valence-corrected chi connectivity index (χ2v) is 7.34. The fourth-order valence-electron chi connectivity index (χ4n) is 1.39. The van der Waals surface area contributed by atoms with Gasteiger partial charge < -0.3 is 5.11 Å². The Morgan fingerprint density at radius 2 is 1.32 bits per heavy atom. The molecule has 1 rings (SSSR count). The van der Waals surface area contributed by atoms with Crippen LogP contribution in [0.3, 0.4) is 0 Å². The van der Waals surface area contributed by atoms with Gasteiger partial charge in [-0.05, 0) is 5.41 Å². The van der Waals surface area contributed by atoms with Crippen molar-refractivity contribution in [3.8, 4) is 0 Å². The van der Waals surface area contributed by atoms with E-state index in [4.69, 9.17) is 0 Å². The molecule has 0 amide bonds. The number of hydrogen-bond acceptors (Lipinski definition) is 3. The van der Waals surface area contributed by atoms with Gasteiger partial charge in [0.1, 0.15) is 0 Å². The summed E-state index contributed by atoms with van der Waals surface area (Å²) >= 11 is 0. The molecule has 0 radical (unpaired) electrons. The Morgan fingerprint density at radius 3 is 1.68 bits per heavy atom. The lowest BCUT2D eigenvalue weighted by atomic mass is 9.89. The maximum absolute atomic E-state index is 13.5. The van der Waals surface area contributed by atoms with Gasteiger partial charge in [-0.1, -0.05) is 20.8 Å². The summed E-state index contributed by atoms with van der Waals surface area (Å²) in [5.41, 5.74) is -0.765. The normalized spacial score (nSPS) is 14.2. The van der Waals surface area contributed by atoms with E-state index >= 15 is 0 Å². The summed E-state index contributed by atoms with van der Waals surface area (Å²) in [7, 11) is -5.05. The van der Waals surface area contributed by atoms with E-state index in [2.05, 4.69) is 0 Å². The zero-order chi connectivity index (χ0) is 17.5. The minimum Gasteiger partial charge on any atom is -0.391 e. The minimum atomic E-state index is -5.05. The van der Waals surface area contributed by atoms with Crippen molar-refractivity contribution in [1.82, 2.24) is 4.72 Å². The van der Waals surface area contributed by atoms with Crippen LogP contribution in [-0.2, 0) is 10.0 Å². The van der Waals surface area contributed by atoms with Crippen LogP contribution in [0.1, 0.15) is 20.8 Å². The lowest BCUT2D eigenvalue weighted by molar-refractivity contribution is 0.0676. The van der Waals surface area contributed by atoms with Crippen molar-refractivity contribution in [3.05, 3.63) is 29.1 Å². The number of sulfonamides is 1. The van der Waals surface area contributed by atoms with Crippen molar-refractivity contribution in [2.24, 2.45) is 5.41 Å². The summed E-state index contributed by atoms with van der Waals surface area (Å²) in [4.78, 5) is -1.98. The molecule has 1 unspecified atom stereocenters. The molecule has 22 heavy (non-hydrogen) atoms. The third kappa shape index (κ3) is 3.55. The Morgan fingerprint density at radius 1 is 0.955 bits per heavy atom. The third-order valence-electron chi connectivity index (χ3n) is 2.90. The highest BCUT2D eigenvalue weighted by molar-refractivity contribution is 7.89. The first kappa shape index (κ1) is 18.8. The van der Waals surface area contributed by atoms with Gasteiger partial charge in [0.05, 0.1) is 6.10 Å². The van der Waals surface area contributed by atoms with Gasteiger partial charge >= 0.3 is 0 Å². The van der Waals surface area contributed by atoms with Crippen LogP contribution in [-0.4, -0.2) is 26.2 Å². The van der Waals surface area contributed by atoms with Gasteiger partial charge in [0.25, 0.3) is 0 Å². The molecule has 0 aliphatic rings. The van der Waals surface area contributed by atoms with Gasteiger partial charge in [0, 0.05) is 6.54 Å². The highest BCUT2D eigenvalue weighted by Gasteiger charge is 2.34. The Kier molecular flexibility index (Phi) is 5.20. The standard InChI is InChI=1S/C12H14F5NO3S/c1-12(2,3)5(19)4-18-22(20,21)11-9(16)7(14)6(13)8(15)10(11)17/h5,18-19H,4H2,1-3H3. The van der Waals surface area contributed by atoms with Gasteiger partial charge in [-0.2, -0.15) is 0 Å². The zero-order valence-corrected chi connectivity index (χ0v) is 12.7. The van der Waals surface area contributed by atoms with E-state index in [-0.39, 0.29) is 0 Å². The molecule has 126 valence electrons. The fraction of sp³-hybridized carbons (Fsp3) is 0.500. The van der Waals surface area contributed by atoms with Crippen LogP contribution in [0.15, 0.2) is 4.90 Å². The number of aliphatic hydroxyl groups excluding tert-OH is 1. The number of halogens is 5. The number of hydrogen-bond donors (Lipinski definition) is 2. The Labute approximate surface area is 124 Å². The molecule has 0 heterocycles. The van der Waals surface area contributed by atoms with Crippen molar-refractivity contribution in [1.29, 1.82) is 0 Å². The first-order valence-corrected chi connectivity index (χ1v) is 7.48. The topological polar surface area (TPSA) is 66.4 Å². The lowest BCUT2D eigenvalue weighted by Crippen LogP contribution is -2.39. The van der Waals surface area contributed by atoms with Gasteiger partial charge in [-0.25, -0.2) is 35.1 Å². The lowest BCUT2D eigenvalue weighted by Gasteiger charge is -2.25. The summed E-state index contributed by atoms with van der Waals surface area (Å²) in [5, 5.41) is 9.67. The molecule has 0 spiro atoms. The number of aliphatic hydroxyl groups is 1. The van der Waals surface area contributed by atoms with Crippen LogP contribution in [0.25, 0.3) is 0 Å². The van der Waals surface area contributed by atoms with E-state index in [1.54, 1.807) is 25.5 Å². The molecule has 1 aromatic carbocycles. The monoisotopic (exact) mass is 347 g/mol. The van der Waals surface area contributed by atoms with Crippen LogP contribution < -0.4 is 4.72 Å². The number of nitrogens with one attached hydrogen (secondary N) is 1. The molecule has 0 aromatic heterocycles. The number of benzene rings is 1. The van der Waals surface area contributed by atoms with E-state index in [0.29, 0.717) is 0 Å². The molecule has 0 fully saturated rings. The van der Waals surface area contributed by atoms with Gasteiger partial charge in [-0.15, -0.1) is 0 Å². The quantitative estimate of drug-likeness (QED) is 0.498. The second kappa shape index (κ2) is 6.09. The molecule has 2 N–H and O–H groups in total. The predicted molar refractivity (Wildman–Crippen MR) is 66.9 cm³/mol. The van der Waals surface area contributed by atoms with Crippen LogP contribution in [0.4, 0.5) is 22.0 Å². The highest BCUT2D eigenvalue weighted by atomic mass is 32.2. The van der Waals surface area contributed by atoms with E-state index in [9.17, 15) is 35.5 Å². The van der Waals surface area contributed by atoms with Gasteiger partial charge in [0.15, 0.2) is 28.2 Å². The average molecular weight is 347 g/mol. The molecule has 0 aliphatic heterocycles. The largest absolute Gasteiger partial charge is 0.391 e. The molecule has 0 aliphatic carbocycles. The Balaban J connectivity index is 3.26. The molecule has 0 saturated heterocycles. The molecule has 4 nitrogen and oxygen atoms in total. The van der Waals surface area contributed by atoms with Gasteiger partial charge in [-0.3, -0.25) is 0 Å². The van der Waals surface area contributed by atoms with Crippen molar-refractivity contribution < 1.29 is 35.5 Å². The number of rotatable bonds is 4. The van der Waals surface area contributed by atoms with Crippen LogP contribution in [0, 0.1) is 34.5 Å². The van der Waals surface area contributed by atoms with Crippen LogP contribution in [0.2, 0.25) is 0 Å². The van der Waals surface area contributed by atoms with Crippen molar-refractivity contribution in [2.45, 2.75) is 31.8 Å². The average Bonchev–Trinajstić information content (AvgIpc) is 2.39. The van der Waals surface area contributed by atoms with E-state index in [0.717, 1.165) is 0 Å². The molecular weight excluding hydrogens is 333 g/mol. The summed E-state index contributed by atoms with van der Waals surface area (Å²) in [6.45, 7) is 4.02. The maximum atomic E-state index is 13.5. The van der Waals surface area contributed by atoms with Crippen molar-refractivity contribution in [3.63, 3.8) is 0 Å². The molecule has 0 saturated carbocycles. The smallest absolute Gasteiger partial charge is 0.246 e. The summed E-state index contributed by atoms with van der Waals surface area (Å²) < 4.78 is 91.0. The Bertz CT molecular complexity index is 656. The molecule has 1 atom stereocenters. The predicted octanol–water partition coefficient (Wildman–Crippen LogP) is 2.07. The summed E-state index contributed by atoms with van der Waals surface area (Å²) in [6, 6.07) is 0. The minimum absolute atomic E-state index is 0.661. The van der Waals surface area contributed by atoms with Crippen molar-refractivity contribution >= 4 is 10.0 Å². The van der Waals surface area contributed by atoms with Crippen molar-refractivity contribution in [2.75, 3.05) is 6.54 Å². The van der Waals surface area contributed by atoms with Crippen LogP contribution in [0.5, 0.6) is 0 Å². The molecular formula is C12H14F5NO3S. The Hall–Kier alpha value is -1.26.